The summed E-state index contributed by atoms with van der Waals surface area (Å²) in [6.07, 6.45) is 0. The smallest absolute Gasteiger partial charge is 0.00137 e. The molecule has 0 spiro atoms. The molecular weight excluding hydrogens is 697 g/mol. The van der Waals surface area contributed by atoms with Gasteiger partial charge in [0.25, 0.3) is 0 Å². The van der Waals surface area contributed by atoms with E-state index in [9.17, 15) is 0 Å². The van der Waals surface area contributed by atoms with E-state index in [-0.39, 0.29) is 0 Å². The maximum atomic E-state index is 2.44. The van der Waals surface area contributed by atoms with Gasteiger partial charge in [-0.1, -0.05) is 182 Å². The van der Waals surface area contributed by atoms with Crippen molar-refractivity contribution in [3.05, 3.63) is 218 Å². The Bertz CT molecular complexity index is 3350. The Hall–Kier alpha value is -7.54. The number of benzene rings is 12. The van der Waals surface area contributed by atoms with Gasteiger partial charge in [-0.3, -0.25) is 0 Å². The summed E-state index contributed by atoms with van der Waals surface area (Å²) in [4.78, 5) is 0. The molecule has 0 aliphatic heterocycles. The quantitative estimate of drug-likeness (QED) is 0.158. The summed E-state index contributed by atoms with van der Waals surface area (Å²) in [5, 5.41) is 17.9. The van der Waals surface area contributed by atoms with Crippen LogP contribution >= 0.6 is 0 Å². The van der Waals surface area contributed by atoms with Crippen LogP contribution in [-0.2, 0) is 0 Å². The van der Waals surface area contributed by atoms with Crippen molar-refractivity contribution < 1.29 is 0 Å². The predicted octanol–water partition coefficient (Wildman–Crippen LogP) is 16.4. The van der Waals surface area contributed by atoms with Gasteiger partial charge in [0.2, 0.25) is 0 Å². The van der Waals surface area contributed by atoms with Gasteiger partial charge in [-0.25, -0.2) is 0 Å². The molecule has 0 aliphatic rings. The van der Waals surface area contributed by atoms with Crippen LogP contribution in [0.15, 0.2) is 218 Å². The van der Waals surface area contributed by atoms with Crippen molar-refractivity contribution in [1.29, 1.82) is 0 Å². The summed E-state index contributed by atoms with van der Waals surface area (Å²) in [5.41, 5.74) is 9.86. The summed E-state index contributed by atoms with van der Waals surface area (Å²) in [7, 11) is 0. The summed E-state index contributed by atoms with van der Waals surface area (Å²) >= 11 is 0. The number of fused-ring (bicyclic) bond motifs is 13. The Morgan fingerprint density at radius 3 is 0.810 bits per heavy atom. The fraction of sp³-hybridized carbons (Fsp3) is 0. The normalized spacial score (nSPS) is 11.8. The van der Waals surface area contributed by atoms with Gasteiger partial charge in [-0.05, 0) is 156 Å². The summed E-state index contributed by atoms with van der Waals surface area (Å²) in [6.45, 7) is 0. The molecule has 0 heterocycles. The predicted molar refractivity (Wildman–Crippen MR) is 251 cm³/mol. The lowest BCUT2D eigenvalue weighted by molar-refractivity contribution is 1.64. The molecule has 0 nitrogen and oxygen atoms in total. The highest BCUT2D eigenvalue weighted by atomic mass is 14.2. The Morgan fingerprint density at radius 1 is 0.155 bits per heavy atom. The first-order chi connectivity index (χ1) is 28.7. The first-order valence-corrected chi connectivity index (χ1v) is 20.2. The van der Waals surface area contributed by atoms with E-state index in [4.69, 9.17) is 0 Å². The lowest BCUT2D eigenvalue weighted by Gasteiger charge is -2.18. The third kappa shape index (κ3) is 5.23. The summed E-state index contributed by atoms with van der Waals surface area (Å²) in [6, 6.07) is 80.9. The van der Waals surface area contributed by atoms with E-state index >= 15 is 0 Å². The van der Waals surface area contributed by atoms with Crippen molar-refractivity contribution in [2.24, 2.45) is 0 Å². The monoisotopic (exact) mass is 732 g/mol. The van der Waals surface area contributed by atoms with E-state index in [1.807, 2.05) is 0 Å². The van der Waals surface area contributed by atoms with Crippen LogP contribution in [0.1, 0.15) is 0 Å². The Balaban J connectivity index is 1.07. The van der Waals surface area contributed by atoms with E-state index in [0.717, 1.165) is 0 Å². The fourth-order valence-corrected chi connectivity index (χ4v) is 9.50. The Labute approximate surface area is 336 Å². The topological polar surface area (TPSA) is 0 Å². The lowest BCUT2D eigenvalue weighted by Crippen LogP contribution is -1.90. The minimum Gasteiger partial charge on any atom is -0.0622 e. The molecule has 0 aliphatic carbocycles. The van der Waals surface area contributed by atoms with E-state index < -0.39 is 0 Å². The third-order valence-electron chi connectivity index (χ3n) is 12.4. The SMILES string of the molecule is c1ccc(-c2ccc3cc(-c4ccc5c6ccccc6c6c7cc(-c8ccc9cc(-c%10ccccc%10)ccc9c8)ccc7c7ccccc7c6c5c4)ccc3c2)cc1. The maximum absolute atomic E-state index is 2.44. The second kappa shape index (κ2) is 13.0. The van der Waals surface area contributed by atoms with Crippen LogP contribution in [-0.4, -0.2) is 0 Å². The molecule has 0 amide bonds. The molecule has 12 aromatic carbocycles. The molecule has 12 aromatic rings. The van der Waals surface area contributed by atoms with Gasteiger partial charge in [-0.15, -0.1) is 0 Å². The van der Waals surface area contributed by atoms with Crippen molar-refractivity contribution in [3.63, 3.8) is 0 Å². The molecule has 268 valence electrons. The highest BCUT2D eigenvalue weighted by molar-refractivity contribution is 6.39. The van der Waals surface area contributed by atoms with Gasteiger partial charge >= 0.3 is 0 Å². The zero-order chi connectivity index (χ0) is 38.2. The lowest BCUT2D eigenvalue weighted by atomic mass is 9.85. The van der Waals surface area contributed by atoms with Gasteiger partial charge < -0.3 is 0 Å². The van der Waals surface area contributed by atoms with E-state index in [1.165, 1.54) is 120 Å². The van der Waals surface area contributed by atoms with Crippen LogP contribution in [0.5, 0.6) is 0 Å². The number of hydrogen-bond acceptors (Lipinski definition) is 0. The second-order valence-corrected chi connectivity index (χ2v) is 15.6. The Morgan fingerprint density at radius 2 is 0.431 bits per heavy atom. The molecule has 0 N–H and O–H groups in total. The van der Waals surface area contributed by atoms with Crippen LogP contribution in [0.4, 0.5) is 0 Å². The molecule has 0 radical (unpaired) electrons. The molecule has 58 heavy (non-hydrogen) atoms. The summed E-state index contributed by atoms with van der Waals surface area (Å²) < 4.78 is 0. The maximum Gasteiger partial charge on any atom is -0.00137 e. The fourth-order valence-electron chi connectivity index (χ4n) is 9.50. The van der Waals surface area contributed by atoms with Crippen LogP contribution in [0.2, 0.25) is 0 Å². The average molecular weight is 733 g/mol. The van der Waals surface area contributed by atoms with E-state index in [0.29, 0.717) is 0 Å². The highest BCUT2D eigenvalue weighted by Gasteiger charge is 2.17. The molecule has 12 rings (SSSR count). The highest BCUT2D eigenvalue weighted by Crippen LogP contribution is 2.46. The number of hydrogen-bond donors (Lipinski definition) is 0. The third-order valence-corrected chi connectivity index (χ3v) is 12.4. The van der Waals surface area contributed by atoms with E-state index in [1.54, 1.807) is 0 Å². The van der Waals surface area contributed by atoms with Crippen molar-refractivity contribution in [2.45, 2.75) is 0 Å². The molecule has 0 aromatic heterocycles. The second-order valence-electron chi connectivity index (χ2n) is 15.6. The molecular formula is C58H36. The van der Waals surface area contributed by atoms with E-state index in [2.05, 4.69) is 218 Å². The van der Waals surface area contributed by atoms with Crippen LogP contribution < -0.4 is 0 Å². The van der Waals surface area contributed by atoms with Gasteiger partial charge in [0.15, 0.2) is 0 Å². The molecule has 0 atom stereocenters. The van der Waals surface area contributed by atoms with Crippen LogP contribution in [0.3, 0.4) is 0 Å². The van der Waals surface area contributed by atoms with Gasteiger partial charge in [0.1, 0.15) is 0 Å². The molecule has 0 saturated heterocycles. The summed E-state index contributed by atoms with van der Waals surface area (Å²) in [5.74, 6) is 0. The molecule has 0 heteroatoms. The average Bonchev–Trinajstić information content (AvgIpc) is 3.31. The molecule has 0 fully saturated rings. The standard InChI is InChI=1S/C58H36/c1-3-11-37(12-4-1)39-19-21-43-33-45(25-23-41(43)31-39)47-27-29-51-49-15-7-10-18-54(49)58-56-36-48(28-30-52(56)50-16-8-9-17-53(50)57(58)55(51)35-47)46-26-24-42-32-40(20-22-44(42)34-46)38-13-5-2-6-14-38/h1-36H. The van der Waals surface area contributed by atoms with Gasteiger partial charge in [0, 0.05) is 0 Å². The first-order valence-electron chi connectivity index (χ1n) is 20.2. The molecule has 0 unspecified atom stereocenters. The van der Waals surface area contributed by atoms with Crippen molar-refractivity contribution in [2.75, 3.05) is 0 Å². The Kier molecular flexibility index (Phi) is 7.33. The zero-order valence-electron chi connectivity index (χ0n) is 31.8. The van der Waals surface area contributed by atoms with Gasteiger partial charge in [-0.2, -0.15) is 0 Å². The van der Waals surface area contributed by atoms with Gasteiger partial charge in [0.05, 0.1) is 0 Å². The van der Waals surface area contributed by atoms with Crippen LogP contribution in [0, 0.1) is 0 Å². The zero-order valence-corrected chi connectivity index (χ0v) is 31.8. The van der Waals surface area contributed by atoms with Crippen molar-refractivity contribution >= 4 is 75.4 Å². The first kappa shape index (κ1) is 32.7. The molecule has 0 bridgehead atoms. The van der Waals surface area contributed by atoms with Crippen molar-refractivity contribution in [3.8, 4) is 44.5 Å². The van der Waals surface area contributed by atoms with Crippen LogP contribution in [0.25, 0.3) is 120 Å². The minimum atomic E-state index is 1.22. The number of rotatable bonds is 4. The van der Waals surface area contributed by atoms with Crippen molar-refractivity contribution in [1.82, 2.24) is 0 Å². The largest absolute Gasteiger partial charge is 0.0622 e. The minimum absolute atomic E-state index is 1.22. The molecule has 0 saturated carbocycles.